The van der Waals surface area contributed by atoms with Gasteiger partial charge in [-0.15, -0.1) is 0 Å². The zero-order valence-corrected chi connectivity index (χ0v) is 20.0. The Morgan fingerprint density at radius 2 is 1.13 bits per heavy atom. The van der Waals surface area contributed by atoms with Gasteiger partial charge in [0.15, 0.2) is 0 Å². The Labute approximate surface area is 188 Å². The maximum Gasteiger partial charge on any atom is 0.123 e. The predicted molar refractivity (Wildman–Crippen MR) is 131 cm³/mol. The fraction of sp³-hybridized carbons (Fsp3) is 0.345. The first-order chi connectivity index (χ1) is 14.6. The van der Waals surface area contributed by atoms with Crippen LogP contribution >= 0.6 is 0 Å². The summed E-state index contributed by atoms with van der Waals surface area (Å²) in [6, 6.07) is 25.3. The van der Waals surface area contributed by atoms with Gasteiger partial charge in [-0.3, -0.25) is 0 Å². The highest BCUT2D eigenvalue weighted by molar-refractivity contribution is 5.33. The van der Waals surface area contributed by atoms with Gasteiger partial charge in [0.1, 0.15) is 5.82 Å². The standard InChI is InChI=1S/C10H11N.C10H14.C9H11F/c1-8(2)10-5-3-4-9(6-10)7-11;1-8(2)10-6-4-9(3)5-7-10;1-7(2)8-4-3-5-9(10)6-8/h3-6,8H,1-2H3;4-8H,1-3H3;3-7H,1-2H3. The maximum absolute atomic E-state index is 12.5. The molecule has 1 nitrogen and oxygen atoms in total. The van der Waals surface area contributed by atoms with Crippen molar-refractivity contribution in [1.82, 2.24) is 0 Å². The van der Waals surface area contributed by atoms with Crippen LogP contribution in [0.5, 0.6) is 0 Å². The molecule has 0 aliphatic rings. The summed E-state index contributed by atoms with van der Waals surface area (Å²) in [5.41, 5.74) is 5.79. The molecule has 164 valence electrons. The molecule has 3 rings (SSSR count). The van der Waals surface area contributed by atoms with E-state index < -0.39 is 0 Å². The van der Waals surface area contributed by atoms with E-state index in [-0.39, 0.29) is 5.82 Å². The van der Waals surface area contributed by atoms with E-state index >= 15 is 0 Å². The molecule has 0 saturated carbocycles. The van der Waals surface area contributed by atoms with Crippen LogP contribution in [0.2, 0.25) is 0 Å². The van der Waals surface area contributed by atoms with Crippen molar-refractivity contribution in [3.8, 4) is 6.07 Å². The molecule has 0 radical (unpaired) electrons. The Bertz CT molecular complexity index is 947. The first-order valence-electron chi connectivity index (χ1n) is 11.0. The summed E-state index contributed by atoms with van der Waals surface area (Å²) in [5, 5.41) is 8.59. The molecule has 0 aliphatic carbocycles. The van der Waals surface area contributed by atoms with Crippen LogP contribution in [-0.2, 0) is 0 Å². The predicted octanol–water partition coefficient (Wildman–Crippen LogP) is 8.75. The lowest BCUT2D eigenvalue weighted by Gasteiger charge is -2.03. The van der Waals surface area contributed by atoms with E-state index in [0.717, 1.165) is 11.1 Å². The fourth-order valence-electron chi connectivity index (χ4n) is 2.78. The third-order valence-electron chi connectivity index (χ3n) is 4.94. The van der Waals surface area contributed by atoms with Crippen molar-refractivity contribution >= 4 is 0 Å². The molecule has 2 heteroatoms. The van der Waals surface area contributed by atoms with E-state index in [4.69, 9.17) is 5.26 Å². The third-order valence-corrected chi connectivity index (χ3v) is 4.94. The van der Waals surface area contributed by atoms with Gasteiger partial charge in [-0.1, -0.05) is 95.6 Å². The van der Waals surface area contributed by atoms with Crippen LogP contribution in [0.25, 0.3) is 0 Å². The Morgan fingerprint density at radius 3 is 1.55 bits per heavy atom. The van der Waals surface area contributed by atoms with E-state index in [1.165, 1.54) is 22.8 Å². The minimum absolute atomic E-state index is 0.147. The highest BCUT2D eigenvalue weighted by Crippen LogP contribution is 2.15. The molecule has 0 bridgehead atoms. The maximum atomic E-state index is 12.5. The molecule has 0 aliphatic heterocycles. The molecule has 0 unspecified atom stereocenters. The smallest absolute Gasteiger partial charge is 0.123 e. The molecule has 0 atom stereocenters. The van der Waals surface area contributed by atoms with E-state index in [2.05, 4.69) is 78.8 Å². The summed E-state index contributed by atoms with van der Waals surface area (Å²) < 4.78 is 12.5. The van der Waals surface area contributed by atoms with Crippen LogP contribution in [0.3, 0.4) is 0 Å². The summed E-state index contributed by atoms with van der Waals surface area (Å²) in [7, 11) is 0. The molecular weight excluding hydrogens is 381 g/mol. The molecule has 0 fully saturated rings. The van der Waals surface area contributed by atoms with Gasteiger partial charge in [-0.25, -0.2) is 4.39 Å². The van der Waals surface area contributed by atoms with E-state index in [1.54, 1.807) is 12.1 Å². The first kappa shape index (κ1) is 26.1. The summed E-state index contributed by atoms with van der Waals surface area (Å²) in [5.74, 6) is 1.42. The summed E-state index contributed by atoms with van der Waals surface area (Å²) in [6.07, 6.45) is 0. The van der Waals surface area contributed by atoms with Crippen molar-refractivity contribution in [2.45, 2.75) is 66.2 Å². The van der Waals surface area contributed by atoms with Crippen molar-refractivity contribution in [3.05, 3.63) is 106 Å². The van der Waals surface area contributed by atoms with Gasteiger partial charge in [0, 0.05) is 0 Å². The second kappa shape index (κ2) is 13.4. The molecule has 0 aromatic heterocycles. The van der Waals surface area contributed by atoms with Crippen molar-refractivity contribution in [2.24, 2.45) is 0 Å². The molecule has 0 spiro atoms. The lowest BCUT2D eigenvalue weighted by Crippen LogP contribution is -1.86. The van der Waals surface area contributed by atoms with Crippen LogP contribution in [0, 0.1) is 24.1 Å². The van der Waals surface area contributed by atoms with E-state index in [0.29, 0.717) is 17.8 Å². The Kier molecular flexibility index (Phi) is 11.3. The quantitative estimate of drug-likeness (QED) is 0.418. The average Bonchev–Trinajstić information content (AvgIpc) is 2.75. The number of benzene rings is 3. The molecule has 0 N–H and O–H groups in total. The first-order valence-corrected chi connectivity index (χ1v) is 11.0. The highest BCUT2D eigenvalue weighted by Gasteiger charge is 1.99. The molecular formula is C29H36FN. The number of nitriles is 1. The van der Waals surface area contributed by atoms with Crippen LogP contribution in [0.4, 0.5) is 4.39 Å². The van der Waals surface area contributed by atoms with Gasteiger partial charge in [0.05, 0.1) is 11.6 Å². The fourth-order valence-corrected chi connectivity index (χ4v) is 2.78. The van der Waals surface area contributed by atoms with Gasteiger partial charge >= 0.3 is 0 Å². The van der Waals surface area contributed by atoms with E-state index in [1.807, 2.05) is 30.3 Å². The third kappa shape index (κ3) is 10.1. The number of hydrogen-bond acceptors (Lipinski definition) is 1. The summed E-state index contributed by atoms with van der Waals surface area (Å²) >= 11 is 0. The van der Waals surface area contributed by atoms with Gasteiger partial charge in [-0.05, 0) is 65.6 Å². The molecule has 3 aromatic carbocycles. The minimum atomic E-state index is -0.147. The van der Waals surface area contributed by atoms with Crippen molar-refractivity contribution in [3.63, 3.8) is 0 Å². The SMILES string of the molecule is CC(C)c1cccc(C#N)c1.CC(C)c1cccc(F)c1.Cc1ccc(C(C)C)cc1. The molecule has 0 amide bonds. The number of rotatable bonds is 3. The normalized spacial score (nSPS) is 10.1. The zero-order chi connectivity index (χ0) is 23.4. The monoisotopic (exact) mass is 417 g/mol. The Hall–Kier alpha value is -2.92. The largest absolute Gasteiger partial charge is 0.207 e. The topological polar surface area (TPSA) is 23.8 Å². The lowest BCUT2D eigenvalue weighted by molar-refractivity contribution is 0.623. The average molecular weight is 418 g/mol. The van der Waals surface area contributed by atoms with E-state index in [9.17, 15) is 4.39 Å². The lowest BCUT2D eigenvalue weighted by atomic mass is 10.0. The van der Waals surface area contributed by atoms with Crippen molar-refractivity contribution < 1.29 is 4.39 Å². The van der Waals surface area contributed by atoms with Crippen LogP contribution in [-0.4, -0.2) is 0 Å². The van der Waals surface area contributed by atoms with Gasteiger partial charge in [0.2, 0.25) is 0 Å². The van der Waals surface area contributed by atoms with Crippen molar-refractivity contribution in [1.29, 1.82) is 5.26 Å². The van der Waals surface area contributed by atoms with Crippen LogP contribution < -0.4 is 0 Å². The van der Waals surface area contributed by atoms with Crippen LogP contribution in [0.1, 0.15) is 87.1 Å². The molecule has 0 saturated heterocycles. The Morgan fingerprint density at radius 1 is 0.645 bits per heavy atom. The van der Waals surface area contributed by atoms with Crippen LogP contribution in [0.15, 0.2) is 72.8 Å². The number of hydrogen-bond donors (Lipinski definition) is 0. The van der Waals surface area contributed by atoms with Crippen molar-refractivity contribution in [2.75, 3.05) is 0 Å². The zero-order valence-electron chi connectivity index (χ0n) is 20.0. The molecule has 31 heavy (non-hydrogen) atoms. The molecule has 0 heterocycles. The number of halogens is 1. The minimum Gasteiger partial charge on any atom is -0.207 e. The highest BCUT2D eigenvalue weighted by atomic mass is 19.1. The van der Waals surface area contributed by atoms with Gasteiger partial charge in [-0.2, -0.15) is 5.26 Å². The van der Waals surface area contributed by atoms with Gasteiger partial charge < -0.3 is 0 Å². The Balaban J connectivity index is 0.000000233. The molecule has 3 aromatic rings. The second-order valence-electron chi connectivity index (χ2n) is 8.67. The van der Waals surface area contributed by atoms with Gasteiger partial charge in [0.25, 0.3) is 0 Å². The second-order valence-corrected chi connectivity index (χ2v) is 8.67. The summed E-state index contributed by atoms with van der Waals surface area (Å²) in [6.45, 7) is 14.9. The number of nitrogens with zero attached hydrogens (tertiary/aromatic N) is 1. The number of aryl methyl sites for hydroxylation is 1. The summed E-state index contributed by atoms with van der Waals surface area (Å²) in [4.78, 5) is 0.